The lowest BCUT2D eigenvalue weighted by Crippen LogP contribution is -2.26. The number of hydrogen-bond acceptors (Lipinski definition) is 4. The number of rotatable bonds is 3. The van der Waals surface area contributed by atoms with Gasteiger partial charge in [-0.1, -0.05) is 12.1 Å². The summed E-state index contributed by atoms with van der Waals surface area (Å²) in [4.78, 5) is 23.3. The molecule has 0 bridgehead atoms. The van der Waals surface area contributed by atoms with Gasteiger partial charge in [0, 0.05) is 5.92 Å². The Morgan fingerprint density at radius 1 is 1.56 bits per heavy atom. The minimum absolute atomic E-state index is 0.0752. The first-order valence-corrected chi connectivity index (χ1v) is 5.72. The Kier molecular flexibility index (Phi) is 3.60. The molecule has 0 aromatic heterocycles. The van der Waals surface area contributed by atoms with Crippen molar-refractivity contribution < 1.29 is 23.5 Å². The van der Waals surface area contributed by atoms with Crippen LogP contribution in [0.1, 0.15) is 18.4 Å². The molecule has 1 saturated heterocycles. The van der Waals surface area contributed by atoms with Gasteiger partial charge in [0.15, 0.2) is 5.92 Å². The van der Waals surface area contributed by atoms with Crippen LogP contribution in [0.25, 0.3) is 0 Å². The normalized spacial score (nSPS) is 22.7. The Morgan fingerprint density at radius 3 is 3.00 bits per heavy atom. The second-order valence-corrected chi connectivity index (χ2v) is 4.02. The molecule has 0 radical (unpaired) electrons. The Bertz CT molecular complexity index is 472. The third-order valence-electron chi connectivity index (χ3n) is 2.88. The maximum atomic E-state index is 13.2. The third-order valence-corrected chi connectivity index (χ3v) is 2.88. The predicted octanol–water partition coefficient (Wildman–Crippen LogP) is 1.65. The van der Waals surface area contributed by atoms with E-state index in [1.807, 2.05) is 0 Å². The van der Waals surface area contributed by atoms with E-state index in [1.165, 1.54) is 18.2 Å². The van der Waals surface area contributed by atoms with Crippen LogP contribution in [0.3, 0.4) is 0 Å². The molecule has 0 amide bonds. The third kappa shape index (κ3) is 2.34. The molecule has 1 aromatic rings. The highest BCUT2D eigenvalue weighted by Gasteiger charge is 2.44. The zero-order chi connectivity index (χ0) is 13.1. The molecule has 0 saturated carbocycles. The van der Waals surface area contributed by atoms with Crippen molar-refractivity contribution >= 4 is 11.9 Å². The predicted molar refractivity (Wildman–Crippen MR) is 60.2 cm³/mol. The van der Waals surface area contributed by atoms with Gasteiger partial charge in [-0.3, -0.25) is 9.59 Å². The average Bonchev–Trinajstić information content (AvgIpc) is 2.71. The highest BCUT2D eigenvalue weighted by molar-refractivity contribution is 5.97. The van der Waals surface area contributed by atoms with Gasteiger partial charge in [0.25, 0.3) is 0 Å². The largest absolute Gasteiger partial charge is 0.465 e. The zero-order valence-electron chi connectivity index (χ0n) is 9.89. The van der Waals surface area contributed by atoms with Crippen LogP contribution in [0.4, 0.5) is 4.39 Å². The van der Waals surface area contributed by atoms with Crippen molar-refractivity contribution in [3.63, 3.8) is 0 Å². The molecule has 96 valence electrons. The van der Waals surface area contributed by atoms with Crippen LogP contribution in [0, 0.1) is 11.7 Å². The highest BCUT2D eigenvalue weighted by Crippen LogP contribution is 2.33. The van der Waals surface area contributed by atoms with Crippen LogP contribution in [0.5, 0.6) is 0 Å². The lowest BCUT2D eigenvalue weighted by Gasteiger charge is -2.14. The standard InChI is InChI=1S/C13H13FO4/c1-2-17-12(15)11-10(7-18-13(11)16)8-4-3-5-9(14)6-8/h3-6,10-11H,2,7H2,1H3/t10-,11-/m0/s1. The van der Waals surface area contributed by atoms with Gasteiger partial charge in [-0.15, -0.1) is 0 Å². The fourth-order valence-electron chi connectivity index (χ4n) is 2.04. The summed E-state index contributed by atoms with van der Waals surface area (Å²) in [7, 11) is 0. The monoisotopic (exact) mass is 252 g/mol. The van der Waals surface area contributed by atoms with Crippen LogP contribution in [-0.2, 0) is 19.1 Å². The molecule has 18 heavy (non-hydrogen) atoms. The van der Waals surface area contributed by atoms with Gasteiger partial charge in [0.1, 0.15) is 5.82 Å². The van der Waals surface area contributed by atoms with E-state index < -0.39 is 29.6 Å². The smallest absolute Gasteiger partial charge is 0.321 e. The van der Waals surface area contributed by atoms with Crippen molar-refractivity contribution in [1.29, 1.82) is 0 Å². The first kappa shape index (κ1) is 12.5. The number of esters is 2. The van der Waals surface area contributed by atoms with Gasteiger partial charge in [-0.25, -0.2) is 4.39 Å². The van der Waals surface area contributed by atoms with Gasteiger partial charge in [-0.2, -0.15) is 0 Å². The second-order valence-electron chi connectivity index (χ2n) is 4.02. The van der Waals surface area contributed by atoms with E-state index in [1.54, 1.807) is 13.0 Å². The summed E-state index contributed by atoms with van der Waals surface area (Å²) in [6.07, 6.45) is 0. The summed E-state index contributed by atoms with van der Waals surface area (Å²) in [6.45, 7) is 1.93. The maximum absolute atomic E-state index is 13.2. The van der Waals surface area contributed by atoms with Crippen LogP contribution < -0.4 is 0 Å². The molecule has 1 aromatic carbocycles. The molecule has 1 aliphatic rings. The lowest BCUT2D eigenvalue weighted by molar-refractivity contribution is -0.155. The van der Waals surface area contributed by atoms with E-state index in [9.17, 15) is 14.0 Å². The van der Waals surface area contributed by atoms with Crippen molar-refractivity contribution in [3.05, 3.63) is 35.6 Å². The summed E-state index contributed by atoms with van der Waals surface area (Å²) in [6, 6.07) is 5.82. The first-order chi connectivity index (χ1) is 8.63. The fraction of sp³-hybridized carbons (Fsp3) is 0.385. The van der Waals surface area contributed by atoms with Crippen molar-refractivity contribution in [2.45, 2.75) is 12.8 Å². The van der Waals surface area contributed by atoms with Crippen LogP contribution in [0.15, 0.2) is 24.3 Å². The molecule has 1 heterocycles. The van der Waals surface area contributed by atoms with Crippen LogP contribution in [-0.4, -0.2) is 25.2 Å². The number of hydrogen-bond donors (Lipinski definition) is 0. The molecule has 4 nitrogen and oxygen atoms in total. The van der Waals surface area contributed by atoms with Gasteiger partial charge >= 0.3 is 11.9 Å². The number of carbonyl (C=O) groups excluding carboxylic acids is 2. The van der Waals surface area contributed by atoms with Gasteiger partial charge in [-0.05, 0) is 24.6 Å². The first-order valence-electron chi connectivity index (χ1n) is 5.72. The Labute approximate surface area is 104 Å². The minimum Gasteiger partial charge on any atom is -0.465 e. The Hall–Kier alpha value is -1.91. The molecule has 1 aliphatic heterocycles. The molecule has 0 unspecified atom stereocenters. The minimum atomic E-state index is -0.994. The molecular formula is C13H13FO4. The molecule has 1 fully saturated rings. The topological polar surface area (TPSA) is 52.6 Å². The maximum Gasteiger partial charge on any atom is 0.321 e. The zero-order valence-corrected chi connectivity index (χ0v) is 9.89. The van der Waals surface area contributed by atoms with E-state index in [0.717, 1.165) is 0 Å². The summed E-state index contributed by atoms with van der Waals surface area (Å²) in [5.74, 6) is -3.11. The van der Waals surface area contributed by atoms with Crippen LogP contribution >= 0.6 is 0 Å². The van der Waals surface area contributed by atoms with E-state index in [-0.39, 0.29) is 13.2 Å². The van der Waals surface area contributed by atoms with Crippen molar-refractivity contribution in [2.24, 2.45) is 5.92 Å². The molecule has 0 spiro atoms. The fourth-order valence-corrected chi connectivity index (χ4v) is 2.04. The van der Waals surface area contributed by atoms with E-state index in [0.29, 0.717) is 5.56 Å². The van der Waals surface area contributed by atoms with Gasteiger partial charge in [0.2, 0.25) is 0 Å². The molecule has 2 atom stereocenters. The second kappa shape index (κ2) is 5.16. The molecule has 5 heteroatoms. The molecule has 0 aliphatic carbocycles. The van der Waals surface area contributed by atoms with E-state index in [4.69, 9.17) is 9.47 Å². The summed E-state index contributed by atoms with van der Waals surface area (Å²) >= 11 is 0. The summed E-state index contributed by atoms with van der Waals surface area (Å²) < 4.78 is 22.9. The lowest BCUT2D eigenvalue weighted by atomic mass is 9.88. The molecule has 0 N–H and O–H groups in total. The van der Waals surface area contributed by atoms with Crippen LogP contribution in [0.2, 0.25) is 0 Å². The molecule has 2 rings (SSSR count). The molecular weight excluding hydrogens is 239 g/mol. The SMILES string of the molecule is CCOC(=O)[C@H]1C(=O)OC[C@H]1c1cccc(F)c1. The highest BCUT2D eigenvalue weighted by atomic mass is 19.1. The summed E-state index contributed by atoms with van der Waals surface area (Å²) in [5, 5.41) is 0. The average molecular weight is 252 g/mol. The quantitative estimate of drug-likeness (QED) is 0.606. The van der Waals surface area contributed by atoms with E-state index >= 15 is 0 Å². The van der Waals surface area contributed by atoms with E-state index in [2.05, 4.69) is 0 Å². The number of benzene rings is 1. The number of halogens is 1. The Morgan fingerprint density at radius 2 is 2.33 bits per heavy atom. The Balaban J connectivity index is 2.26. The van der Waals surface area contributed by atoms with Crippen molar-refractivity contribution in [3.8, 4) is 0 Å². The van der Waals surface area contributed by atoms with Crippen molar-refractivity contribution in [1.82, 2.24) is 0 Å². The number of carbonyl (C=O) groups is 2. The number of ether oxygens (including phenoxy) is 2. The van der Waals surface area contributed by atoms with Crippen molar-refractivity contribution in [2.75, 3.05) is 13.2 Å². The summed E-state index contributed by atoms with van der Waals surface area (Å²) in [5.41, 5.74) is 0.568. The number of cyclic esters (lactones) is 1. The van der Waals surface area contributed by atoms with Gasteiger partial charge in [0.05, 0.1) is 13.2 Å². The van der Waals surface area contributed by atoms with Gasteiger partial charge < -0.3 is 9.47 Å².